The van der Waals surface area contributed by atoms with E-state index in [9.17, 15) is 19.2 Å². The van der Waals surface area contributed by atoms with E-state index in [0.717, 1.165) is 6.42 Å². The molecule has 0 unspecified atom stereocenters. The van der Waals surface area contributed by atoms with E-state index in [1.165, 1.54) is 9.47 Å². The molecule has 0 aliphatic carbocycles. The minimum absolute atomic E-state index is 0.0839. The number of nitrogen functional groups attached to an aromatic ring is 1. The minimum Gasteiger partial charge on any atom is -0.452 e. The fourth-order valence-corrected chi connectivity index (χ4v) is 2.82. The Labute approximate surface area is 168 Å². The Bertz CT molecular complexity index is 965. The van der Waals surface area contributed by atoms with E-state index in [-0.39, 0.29) is 18.1 Å². The number of rotatable bonds is 9. The second-order valence-electron chi connectivity index (χ2n) is 6.49. The Hall–Kier alpha value is -3.36. The number of anilines is 2. The first-order chi connectivity index (χ1) is 13.9. The van der Waals surface area contributed by atoms with Crippen molar-refractivity contribution in [3.05, 3.63) is 56.7 Å². The van der Waals surface area contributed by atoms with Gasteiger partial charge >= 0.3 is 11.7 Å². The molecule has 0 fully saturated rings. The van der Waals surface area contributed by atoms with Gasteiger partial charge in [-0.05, 0) is 25.0 Å². The van der Waals surface area contributed by atoms with E-state index < -0.39 is 29.7 Å². The molecule has 2 rings (SSSR count). The molecule has 2 aromatic rings. The largest absolute Gasteiger partial charge is 0.452 e. The van der Waals surface area contributed by atoms with Gasteiger partial charge in [-0.25, -0.2) is 9.59 Å². The van der Waals surface area contributed by atoms with E-state index in [1.807, 2.05) is 13.8 Å². The second kappa shape index (κ2) is 10.3. The average molecular weight is 402 g/mol. The maximum absolute atomic E-state index is 12.8. The number of amides is 1. The number of hydrogen-bond acceptors (Lipinski definition) is 6. The molecule has 1 aromatic heterocycles. The molecule has 156 valence electrons. The molecule has 1 aromatic carbocycles. The highest BCUT2D eigenvalue weighted by Crippen LogP contribution is 2.18. The summed E-state index contributed by atoms with van der Waals surface area (Å²) in [5, 5.41) is 0. The number of ether oxygens (including phenoxy) is 1. The molecule has 1 heterocycles. The third kappa shape index (κ3) is 5.34. The number of esters is 1. The van der Waals surface area contributed by atoms with Crippen molar-refractivity contribution in [2.75, 3.05) is 23.8 Å². The summed E-state index contributed by atoms with van der Waals surface area (Å²) in [7, 11) is 0. The number of nitrogens with one attached hydrogen (secondary N) is 1. The predicted molar refractivity (Wildman–Crippen MR) is 110 cm³/mol. The molecule has 1 amide bonds. The fourth-order valence-electron chi connectivity index (χ4n) is 2.82. The lowest BCUT2D eigenvalue weighted by Crippen LogP contribution is -2.43. The topological polar surface area (TPSA) is 127 Å². The lowest BCUT2D eigenvalue weighted by Gasteiger charge is -2.24. The van der Waals surface area contributed by atoms with Gasteiger partial charge in [0.05, 0.1) is 5.56 Å². The van der Waals surface area contributed by atoms with Gasteiger partial charge in [0.1, 0.15) is 5.82 Å². The van der Waals surface area contributed by atoms with Crippen LogP contribution in [-0.2, 0) is 16.1 Å². The number of hydrogen-bond donors (Lipinski definition) is 2. The Morgan fingerprint density at radius 1 is 1.14 bits per heavy atom. The molecule has 9 nitrogen and oxygen atoms in total. The molecule has 0 saturated heterocycles. The summed E-state index contributed by atoms with van der Waals surface area (Å²) in [5.41, 5.74) is 4.90. The minimum atomic E-state index is -0.751. The lowest BCUT2D eigenvalue weighted by molar-refractivity contribution is -0.121. The van der Waals surface area contributed by atoms with Crippen LogP contribution >= 0.6 is 0 Å². The normalized spacial score (nSPS) is 10.6. The number of H-pyrrole nitrogens is 1. The van der Waals surface area contributed by atoms with Crippen LogP contribution in [0.15, 0.2) is 39.9 Å². The number of nitrogens with two attached hydrogens (primary N) is 1. The van der Waals surface area contributed by atoms with Crippen molar-refractivity contribution >= 4 is 23.4 Å². The molecule has 9 heteroatoms. The molecular weight excluding hydrogens is 376 g/mol. The Kier molecular flexibility index (Phi) is 7.76. The van der Waals surface area contributed by atoms with Crippen LogP contribution in [0.3, 0.4) is 0 Å². The molecule has 0 aliphatic rings. The van der Waals surface area contributed by atoms with Crippen molar-refractivity contribution in [1.29, 1.82) is 0 Å². The van der Waals surface area contributed by atoms with Crippen LogP contribution in [0, 0.1) is 0 Å². The molecule has 0 bridgehead atoms. The highest BCUT2D eigenvalue weighted by molar-refractivity contribution is 5.98. The summed E-state index contributed by atoms with van der Waals surface area (Å²) in [6, 6.07) is 8.27. The van der Waals surface area contributed by atoms with Gasteiger partial charge in [0.25, 0.3) is 11.5 Å². The summed E-state index contributed by atoms with van der Waals surface area (Å²) < 4.78 is 6.32. The van der Waals surface area contributed by atoms with Crippen molar-refractivity contribution in [2.45, 2.75) is 39.7 Å². The van der Waals surface area contributed by atoms with Gasteiger partial charge in [-0.1, -0.05) is 38.5 Å². The number of aromatic nitrogens is 2. The van der Waals surface area contributed by atoms with Crippen molar-refractivity contribution < 1.29 is 14.3 Å². The monoisotopic (exact) mass is 402 g/mol. The van der Waals surface area contributed by atoms with Crippen LogP contribution in [0.25, 0.3) is 0 Å². The van der Waals surface area contributed by atoms with E-state index in [1.54, 1.807) is 30.3 Å². The summed E-state index contributed by atoms with van der Waals surface area (Å²) in [6.45, 7) is 3.75. The average Bonchev–Trinajstić information content (AvgIpc) is 2.71. The number of carbonyl (C=O) groups is 2. The van der Waals surface area contributed by atoms with Crippen molar-refractivity contribution in [3.8, 4) is 0 Å². The highest BCUT2D eigenvalue weighted by Gasteiger charge is 2.24. The highest BCUT2D eigenvalue weighted by atomic mass is 16.5. The summed E-state index contributed by atoms with van der Waals surface area (Å²) >= 11 is 0. The quantitative estimate of drug-likeness (QED) is 0.612. The van der Waals surface area contributed by atoms with Crippen LogP contribution in [0.4, 0.5) is 11.5 Å². The maximum atomic E-state index is 12.8. The smallest absolute Gasteiger partial charge is 0.338 e. The molecule has 29 heavy (non-hydrogen) atoms. The Balaban J connectivity index is 2.30. The summed E-state index contributed by atoms with van der Waals surface area (Å²) in [6.07, 6.45) is 1.98. The van der Waals surface area contributed by atoms with Crippen LogP contribution in [-0.4, -0.2) is 34.6 Å². The molecule has 3 N–H and O–H groups in total. The van der Waals surface area contributed by atoms with Gasteiger partial charge in [-0.3, -0.25) is 19.1 Å². The van der Waals surface area contributed by atoms with Gasteiger partial charge in [-0.2, -0.15) is 0 Å². The predicted octanol–water partition coefficient (Wildman–Crippen LogP) is 1.52. The van der Waals surface area contributed by atoms with Crippen LogP contribution in [0.5, 0.6) is 0 Å². The standard InChI is InChI=1S/C20H26N4O5/c1-3-5-12-23(15(25)13-29-19(27)14-9-7-6-8-10-14)16-17(21)24(11-4-2)20(28)22-18(16)26/h6-10H,3-5,11-13,21H2,1-2H3,(H,22,26,28). The molecule has 0 saturated carbocycles. The second-order valence-corrected chi connectivity index (χ2v) is 6.49. The van der Waals surface area contributed by atoms with E-state index in [4.69, 9.17) is 10.5 Å². The zero-order valence-electron chi connectivity index (χ0n) is 16.6. The first kappa shape index (κ1) is 21.9. The van der Waals surface area contributed by atoms with E-state index in [2.05, 4.69) is 4.98 Å². The summed E-state index contributed by atoms with van der Waals surface area (Å²) in [5.74, 6) is -1.33. The van der Waals surface area contributed by atoms with Crippen LogP contribution < -0.4 is 21.9 Å². The molecule has 0 spiro atoms. The van der Waals surface area contributed by atoms with Gasteiger partial charge in [-0.15, -0.1) is 0 Å². The Morgan fingerprint density at radius 3 is 2.45 bits per heavy atom. The summed E-state index contributed by atoms with van der Waals surface area (Å²) in [4.78, 5) is 52.8. The van der Waals surface area contributed by atoms with E-state index >= 15 is 0 Å². The zero-order valence-corrected chi connectivity index (χ0v) is 16.6. The first-order valence-corrected chi connectivity index (χ1v) is 9.55. The number of benzene rings is 1. The Morgan fingerprint density at radius 2 is 1.83 bits per heavy atom. The number of unbranched alkanes of at least 4 members (excludes halogenated alkanes) is 1. The molecule has 0 radical (unpaired) electrons. The maximum Gasteiger partial charge on any atom is 0.338 e. The SMILES string of the molecule is CCCCN(C(=O)COC(=O)c1ccccc1)c1c(N)n(CCC)c(=O)[nH]c1=O. The van der Waals surface area contributed by atoms with Crippen molar-refractivity contribution in [2.24, 2.45) is 0 Å². The van der Waals surface area contributed by atoms with Gasteiger partial charge in [0.15, 0.2) is 12.3 Å². The molecule has 0 aliphatic heterocycles. The van der Waals surface area contributed by atoms with Crippen LogP contribution in [0.1, 0.15) is 43.5 Å². The number of carbonyl (C=O) groups excluding carboxylic acids is 2. The first-order valence-electron chi connectivity index (χ1n) is 9.55. The fraction of sp³-hybridized carbons (Fsp3) is 0.400. The van der Waals surface area contributed by atoms with Crippen molar-refractivity contribution in [3.63, 3.8) is 0 Å². The van der Waals surface area contributed by atoms with Crippen LogP contribution in [0.2, 0.25) is 0 Å². The van der Waals surface area contributed by atoms with Crippen molar-refractivity contribution in [1.82, 2.24) is 9.55 Å². The molecule has 0 atom stereocenters. The third-order valence-corrected chi connectivity index (χ3v) is 4.30. The third-order valence-electron chi connectivity index (χ3n) is 4.30. The van der Waals surface area contributed by atoms with E-state index in [0.29, 0.717) is 24.9 Å². The van der Waals surface area contributed by atoms with Gasteiger partial charge < -0.3 is 15.4 Å². The number of aromatic amines is 1. The molecular formula is C20H26N4O5. The zero-order chi connectivity index (χ0) is 21.4. The lowest BCUT2D eigenvalue weighted by atomic mass is 10.2. The van der Waals surface area contributed by atoms with Gasteiger partial charge in [0, 0.05) is 13.1 Å². The number of nitrogens with zero attached hydrogens (tertiary/aromatic N) is 2. The van der Waals surface area contributed by atoms with Gasteiger partial charge in [0.2, 0.25) is 0 Å².